The van der Waals surface area contributed by atoms with E-state index < -0.39 is 0 Å². The fraction of sp³-hybridized carbons (Fsp3) is 0.231. The van der Waals surface area contributed by atoms with Crippen molar-refractivity contribution in [3.63, 3.8) is 0 Å². The van der Waals surface area contributed by atoms with Crippen LogP contribution >= 0.6 is 0 Å². The first-order valence-electron chi connectivity index (χ1n) is 10.0. The summed E-state index contributed by atoms with van der Waals surface area (Å²) < 4.78 is 5.25. The molecular formula is C26H27NO. The Kier molecular flexibility index (Phi) is 5.48. The number of rotatable bonds is 7. The molecule has 2 heteroatoms. The molecule has 0 radical (unpaired) electrons. The zero-order chi connectivity index (χ0) is 19.3. The molecule has 0 unspecified atom stereocenters. The number of methoxy groups -OCH3 is 1. The minimum atomic E-state index is 0.903. The van der Waals surface area contributed by atoms with E-state index in [0.717, 1.165) is 18.7 Å². The zero-order valence-corrected chi connectivity index (χ0v) is 16.7. The lowest BCUT2D eigenvalue weighted by Gasteiger charge is -2.19. The predicted octanol–water partition coefficient (Wildman–Crippen LogP) is 6.46. The van der Waals surface area contributed by atoms with E-state index in [1.165, 1.54) is 45.6 Å². The summed E-state index contributed by atoms with van der Waals surface area (Å²) in [6, 6.07) is 28.1. The van der Waals surface area contributed by atoms with Crippen molar-refractivity contribution in [2.24, 2.45) is 0 Å². The maximum atomic E-state index is 5.25. The summed E-state index contributed by atoms with van der Waals surface area (Å²) in [5.41, 5.74) is 2.72. The van der Waals surface area contributed by atoms with E-state index in [9.17, 15) is 0 Å². The molecule has 4 rings (SSSR count). The molecule has 0 aliphatic carbocycles. The highest BCUT2D eigenvalue weighted by molar-refractivity contribution is 6.02. The Labute approximate surface area is 167 Å². The highest BCUT2D eigenvalue weighted by Gasteiger charge is 2.08. The Morgan fingerprint density at radius 2 is 1.36 bits per heavy atom. The number of benzene rings is 4. The number of unbranched alkanes of at least 4 members (excludes halogenated alkanes) is 1. The Morgan fingerprint density at radius 3 is 1.96 bits per heavy atom. The first-order chi connectivity index (χ1) is 13.8. The summed E-state index contributed by atoms with van der Waals surface area (Å²) in [4.78, 5) is 2.32. The van der Waals surface area contributed by atoms with Crippen molar-refractivity contribution in [3.8, 4) is 5.75 Å². The van der Waals surface area contributed by atoms with Crippen LogP contribution in [-0.4, -0.2) is 20.7 Å². The van der Waals surface area contributed by atoms with Crippen LogP contribution in [0, 0.1) is 0 Å². The van der Waals surface area contributed by atoms with Crippen LogP contribution < -0.4 is 9.64 Å². The smallest absolute Gasteiger partial charge is 0.119 e. The third-order valence-corrected chi connectivity index (χ3v) is 5.57. The van der Waals surface area contributed by atoms with E-state index in [1.807, 2.05) is 12.1 Å². The van der Waals surface area contributed by atoms with Gasteiger partial charge in [0.1, 0.15) is 5.75 Å². The molecule has 0 N–H and O–H groups in total. The molecule has 0 spiro atoms. The Bertz CT molecular complexity index is 1010. The van der Waals surface area contributed by atoms with Gasteiger partial charge in [0.15, 0.2) is 0 Å². The van der Waals surface area contributed by atoms with E-state index in [4.69, 9.17) is 4.74 Å². The van der Waals surface area contributed by atoms with Gasteiger partial charge in [-0.15, -0.1) is 0 Å². The summed E-state index contributed by atoms with van der Waals surface area (Å²) in [5, 5.41) is 5.47. The van der Waals surface area contributed by atoms with Crippen LogP contribution in [0.1, 0.15) is 18.4 Å². The van der Waals surface area contributed by atoms with Crippen LogP contribution in [0.25, 0.3) is 21.5 Å². The number of nitrogens with zero attached hydrogens (tertiary/aromatic N) is 1. The number of hydrogen-bond acceptors (Lipinski definition) is 2. The average Bonchev–Trinajstić information content (AvgIpc) is 2.75. The lowest BCUT2D eigenvalue weighted by molar-refractivity contribution is 0.415. The molecule has 0 amide bonds. The third-order valence-electron chi connectivity index (χ3n) is 5.57. The lowest BCUT2D eigenvalue weighted by atomic mass is 9.93. The largest absolute Gasteiger partial charge is 0.497 e. The molecule has 2 nitrogen and oxygen atoms in total. The standard InChI is InChI=1S/C26H27NO/c1-27(22-14-16-23(28-2)17-15-22)18-8-7-13-26-24-11-5-3-9-20(24)19-21-10-4-6-12-25(21)26/h3-6,9-12,14-17,19H,7-8,13,18H2,1-2H3. The van der Waals surface area contributed by atoms with Gasteiger partial charge in [0.25, 0.3) is 0 Å². The van der Waals surface area contributed by atoms with Crippen molar-refractivity contribution < 1.29 is 4.74 Å². The van der Waals surface area contributed by atoms with Crippen LogP contribution in [0.15, 0.2) is 78.9 Å². The number of ether oxygens (including phenoxy) is 1. The van der Waals surface area contributed by atoms with Crippen LogP contribution in [0.5, 0.6) is 5.75 Å². The minimum Gasteiger partial charge on any atom is -0.497 e. The van der Waals surface area contributed by atoms with Gasteiger partial charge in [-0.3, -0.25) is 0 Å². The van der Waals surface area contributed by atoms with Crippen molar-refractivity contribution in [1.82, 2.24) is 0 Å². The molecule has 0 bridgehead atoms. The number of aryl methyl sites for hydroxylation is 1. The molecule has 0 aliphatic heterocycles. The molecule has 142 valence electrons. The lowest BCUT2D eigenvalue weighted by Crippen LogP contribution is -2.18. The second kappa shape index (κ2) is 8.35. The fourth-order valence-corrected chi connectivity index (χ4v) is 3.99. The quantitative estimate of drug-likeness (QED) is 0.274. The second-order valence-electron chi connectivity index (χ2n) is 7.37. The first-order valence-corrected chi connectivity index (χ1v) is 10.0. The molecular weight excluding hydrogens is 342 g/mol. The van der Waals surface area contributed by atoms with Crippen molar-refractivity contribution in [2.75, 3.05) is 25.6 Å². The highest BCUT2D eigenvalue weighted by Crippen LogP contribution is 2.29. The highest BCUT2D eigenvalue weighted by atomic mass is 16.5. The molecule has 0 atom stereocenters. The van der Waals surface area contributed by atoms with Crippen LogP contribution in [-0.2, 0) is 6.42 Å². The van der Waals surface area contributed by atoms with E-state index >= 15 is 0 Å². The number of hydrogen-bond donors (Lipinski definition) is 0. The maximum Gasteiger partial charge on any atom is 0.119 e. The molecule has 0 fully saturated rings. The van der Waals surface area contributed by atoms with E-state index in [-0.39, 0.29) is 0 Å². The minimum absolute atomic E-state index is 0.903. The van der Waals surface area contributed by atoms with Gasteiger partial charge in [-0.05, 0) is 76.7 Å². The van der Waals surface area contributed by atoms with Gasteiger partial charge in [0.2, 0.25) is 0 Å². The Morgan fingerprint density at radius 1 is 0.750 bits per heavy atom. The molecule has 0 saturated carbocycles. The summed E-state index contributed by atoms with van der Waals surface area (Å²) in [6.45, 7) is 1.05. The number of anilines is 1. The Hall–Kier alpha value is -3.00. The maximum absolute atomic E-state index is 5.25. The van der Waals surface area contributed by atoms with Gasteiger partial charge >= 0.3 is 0 Å². The molecule has 4 aromatic carbocycles. The normalized spacial score (nSPS) is 11.1. The summed E-state index contributed by atoms with van der Waals surface area (Å²) >= 11 is 0. The summed E-state index contributed by atoms with van der Waals surface area (Å²) in [7, 11) is 3.87. The van der Waals surface area contributed by atoms with Crippen molar-refractivity contribution >= 4 is 27.2 Å². The van der Waals surface area contributed by atoms with Gasteiger partial charge in [0, 0.05) is 19.3 Å². The molecule has 0 aliphatic rings. The average molecular weight is 370 g/mol. The van der Waals surface area contributed by atoms with E-state index in [1.54, 1.807) is 7.11 Å². The van der Waals surface area contributed by atoms with Crippen molar-refractivity contribution in [2.45, 2.75) is 19.3 Å². The second-order valence-corrected chi connectivity index (χ2v) is 7.37. The van der Waals surface area contributed by atoms with E-state index in [0.29, 0.717) is 0 Å². The third kappa shape index (κ3) is 3.82. The fourth-order valence-electron chi connectivity index (χ4n) is 3.99. The molecule has 0 heterocycles. The first kappa shape index (κ1) is 18.4. The molecule has 0 saturated heterocycles. The van der Waals surface area contributed by atoms with Gasteiger partial charge in [0.05, 0.1) is 7.11 Å². The van der Waals surface area contributed by atoms with Crippen LogP contribution in [0.2, 0.25) is 0 Å². The van der Waals surface area contributed by atoms with Gasteiger partial charge in [-0.1, -0.05) is 48.5 Å². The number of fused-ring (bicyclic) bond motifs is 2. The van der Waals surface area contributed by atoms with Crippen molar-refractivity contribution in [1.29, 1.82) is 0 Å². The van der Waals surface area contributed by atoms with Gasteiger partial charge in [-0.2, -0.15) is 0 Å². The molecule has 4 aromatic rings. The van der Waals surface area contributed by atoms with Crippen LogP contribution in [0.3, 0.4) is 0 Å². The summed E-state index contributed by atoms with van der Waals surface area (Å²) in [5.74, 6) is 0.903. The van der Waals surface area contributed by atoms with E-state index in [2.05, 4.69) is 78.7 Å². The van der Waals surface area contributed by atoms with Crippen molar-refractivity contribution in [3.05, 3.63) is 84.4 Å². The van der Waals surface area contributed by atoms with Crippen LogP contribution in [0.4, 0.5) is 5.69 Å². The predicted molar refractivity (Wildman–Crippen MR) is 121 cm³/mol. The summed E-state index contributed by atoms with van der Waals surface area (Å²) in [6.07, 6.45) is 3.46. The molecule has 28 heavy (non-hydrogen) atoms. The molecule has 0 aromatic heterocycles. The Balaban J connectivity index is 1.46. The zero-order valence-electron chi connectivity index (χ0n) is 16.7. The van der Waals surface area contributed by atoms with Gasteiger partial charge < -0.3 is 9.64 Å². The van der Waals surface area contributed by atoms with Gasteiger partial charge in [-0.25, -0.2) is 0 Å². The monoisotopic (exact) mass is 369 g/mol. The SMILES string of the molecule is COc1ccc(N(C)CCCCc2c3ccccc3cc3ccccc23)cc1. The topological polar surface area (TPSA) is 12.5 Å².